The highest BCUT2D eigenvalue weighted by Crippen LogP contribution is 2.44. The van der Waals surface area contributed by atoms with Crippen molar-refractivity contribution in [3.8, 4) is 6.07 Å². The van der Waals surface area contributed by atoms with Crippen molar-refractivity contribution in [2.24, 2.45) is 5.41 Å². The van der Waals surface area contributed by atoms with Gasteiger partial charge in [-0.25, -0.2) is 8.78 Å². The first-order valence-electron chi connectivity index (χ1n) is 5.55. The molecule has 0 spiro atoms. The van der Waals surface area contributed by atoms with E-state index in [2.05, 4.69) is 19.2 Å². The van der Waals surface area contributed by atoms with Gasteiger partial charge in [-0.2, -0.15) is 5.26 Å². The number of hydrogen-bond acceptors (Lipinski definition) is 2. The summed E-state index contributed by atoms with van der Waals surface area (Å²) in [5, 5.41) is 11.7. The van der Waals surface area contributed by atoms with Gasteiger partial charge in [0.25, 0.3) is 0 Å². The lowest BCUT2D eigenvalue weighted by Gasteiger charge is -2.08. The third kappa shape index (κ3) is 2.45. The number of benzene rings is 1. The molecule has 1 aromatic rings. The average Bonchev–Trinajstić information content (AvgIpc) is 2.85. The molecule has 1 N–H and O–H groups in total. The highest BCUT2D eigenvalue weighted by atomic mass is 19.1. The van der Waals surface area contributed by atoms with E-state index in [1.165, 1.54) is 0 Å². The zero-order valence-electron chi connectivity index (χ0n) is 9.85. The Balaban J connectivity index is 2.09. The van der Waals surface area contributed by atoms with Crippen LogP contribution in [0.5, 0.6) is 0 Å². The van der Waals surface area contributed by atoms with Gasteiger partial charge in [-0.05, 0) is 24.0 Å². The summed E-state index contributed by atoms with van der Waals surface area (Å²) in [6.45, 7) is 4.38. The van der Waals surface area contributed by atoms with Crippen molar-refractivity contribution < 1.29 is 8.78 Å². The summed E-state index contributed by atoms with van der Waals surface area (Å²) in [5.74, 6) is -1.32. The fraction of sp³-hybridized carbons (Fsp3) is 0.462. The minimum Gasteiger partial charge on any atom is -0.309 e. The van der Waals surface area contributed by atoms with Gasteiger partial charge >= 0.3 is 0 Å². The smallest absolute Gasteiger partial charge is 0.131 e. The number of nitrogens with zero attached hydrogens (tertiary/aromatic N) is 1. The molecule has 1 atom stereocenters. The predicted molar refractivity (Wildman–Crippen MR) is 60.1 cm³/mol. The van der Waals surface area contributed by atoms with E-state index in [9.17, 15) is 8.78 Å². The Hall–Kier alpha value is -1.47. The fourth-order valence-corrected chi connectivity index (χ4v) is 1.88. The summed E-state index contributed by atoms with van der Waals surface area (Å²) in [6, 6.07) is 4.18. The highest BCUT2D eigenvalue weighted by Gasteiger charge is 2.45. The molecule has 0 aliphatic heterocycles. The number of nitriles is 1. The summed E-state index contributed by atoms with van der Waals surface area (Å²) in [7, 11) is 0. The molecule has 1 aliphatic rings. The van der Waals surface area contributed by atoms with Gasteiger partial charge in [0.05, 0.1) is 11.6 Å². The molecule has 0 radical (unpaired) electrons. The van der Waals surface area contributed by atoms with Crippen LogP contribution >= 0.6 is 0 Å². The van der Waals surface area contributed by atoms with Gasteiger partial charge in [0, 0.05) is 18.2 Å². The van der Waals surface area contributed by atoms with Gasteiger partial charge in [-0.1, -0.05) is 13.8 Å². The summed E-state index contributed by atoms with van der Waals surface area (Å²) in [6.07, 6.45) is 1.02. The van der Waals surface area contributed by atoms with Crippen LogP contribution < -0.4 is 5.32 Å². The standard InChI is InChI=1S/C13H14F2N2/c1-13(2)5-12(13)17-7-9-10(14)3-8(6-16)4-11(9)15/h3-4,12,17H,5,7H2,1-2H3. The van der Waals surface area contributed by atoms with Crippen molar-refractivity contribution in [1.29, 1.82) is 5.26 Å². The maximum Gasteiger partial charge on any atom is 0.131 e. The van der Waals surface area contributed by atoms with Crippen LogP contribution in [0.15, 0.2) is 12.1 Å². The predicted octanol–water partition coefficient (Wildman–Crippen LogP) is 2.72. The Labute approximate surface area is 99.3 Å². The zero-order chi connectivity index (χ0) is 12.6. The molecule has 1 aliphatic carbocycles. The van der Waals surface area contributed by atoms with Crippen molar-refractivity contribution in [1.82, 2.24) is 5.32 Å². The van der Waals surface area contributed by atoms with Crippen molar-refractivity contribution in [3.05, 3.63) is 34.9 Å². The zero-order valence-corrected chi connectivity index (χ0v) is 9.85. The Kier molecular flexibility index (Phi) is 2.88. The second kappa shape index (κ2) is 4.08. The molecule has 1 unspecified atom stereocenters. The van der Waals surface area contributed by atoms with Gasteiger partial charge in [-0.3, -0.25) is 0 Å². The molecule has 2 rings (SSSR count). The average molecular weight is 236 g/mol. The van der Waals surface area contributed by atoms with Crippen molar-refractivity contribution in [2.45, 2.75) is 32.9 Å². The lowest BCUT2D eigenvalue weighted by atomic mass is 10.1. The molecule has 4 heteroatoms. The van der Waals surface area contributed by atoms with Crippen LogP contribution in [-0.4, -0.2) is 6.04 Å². The molecule has 0 bridgehead atoms. The Morgan fingerprint density at radius 1 is 1.41 bits per heavy atom. The first-order valence-corrected chi connectivity index (χ1v) is 5.55. The van der Waals surface area contributed by atoms with E-state index in [1.807, 2.05) is 0 Å². The van der Waals surface area contributed by atoms with Gasteiger partial charge in [0.1, 0.15) is 11.6 Å². The van der Waals surface area contributed by atoms with Crippen LogP contribution in [0.25, 0.3) is 0 Å². The molecule has 1 saturated carbocycles. The van der Waals surface area contributed by atoms with Gasteiger partial charge in [-0.15, -0.1) is 0 Å². The first kappa shape index (κ1) is 12.0. The molecule has 0 heterocycles. The van der Waals surface area contributed by atoms with Crippen LogP contribution in [0.1, 0.15) is 31.4 Å². The molecule has 2 nitrogen and oxygen atoms in total. The molecule has 1 aromatic carbocycles. The normalized spacial score (nSPS) is 21.0. The van der Waals surface area contributed by atoms with Gasteiger partial charge in [0.15, 0.2) is 0 Å². The molecule has 0 saturated heterocycles. The van der Waals surface area contributed by atoms with Gasteiger partial charge < -0.3 is 5.32 Å². The molecule has 0 aromatic heterocycles. The van der Waals surface area contributed by atoms with E-state index in [1.54, 1.807) is 6.07 Å². The van der Waals surface area contributed by atoms with Crippen LogP contribution in [0.3, 0.4) is 0 Å². The molecule has 17 heavy (non-hydrogen) atoms. The molecule has 0 amide bonds. The third-order valence-corrected chi connectivity index (χ3v) is 3.31. The number of rotatable bonds is 3. The lowest BCUT2D eigenvalue weighted by Crippen LogP contribution is -2.21. The first-order chi connectivity index (χ1) is 7.94. The van der Waals surface area contributed by atoms with Crippen molar-refractivity contribution >= 4 is 0 Å². The summed E-state index contributed by atoms with van der Waals surface area (Å²) in [4.78, 5) is 0. The summed E-state index contributed by atoms with van der Waals surface area (Å²) < 4.78 is 27.1. The molecule has 90 valence electrons. The fourth-order valence-electron chi connectivity index (χ4n) is 1.88. The Bertz CT molecular complexity index is 466. The SMILES string of the molecule is CC1(C)CC1NCc1c(F)cc(C#N)cc1F. The quantitative estimate of drug-likeness (QED) is 0.875. The minimum atomic E-state index is -0.660. The lowest BCUT2D eigenvalue weighted by molar-refractivity contribution is 0.504. The molecule has 1 fully saturated rings. The van der Waals surface area contributed by atoms with Crippen LogP contribution in [-0.2, 0) is 6.54 Å². The van der Waals surface area contributed by atoms with Crippen molar-refractivity contribution in [3.63, 3.8) is 0 Å². The van der Waals surface area contributed by atoms with E-state index in [4.69, 9.17) is 5.26 Å². The second-order valence-electron chi connectivity index (χ2n) is 5.16. The van der Waals surface area contributed by atoms with Gasteiger partial charge in [0.2, 0.25) is 0 Å². The van der Waals surface area contributed by atoms with E-state index in [-0.39, 0.29) is 23.1 Å². The third-order valence-electron chi connectivity index (χ3n) is 3.31. The maximum absolute atomic E-state index is 13.5. The largest absolute Gasteiger partial charge is 0.309 e. The van der Waals surface area contributed by atoms with Crippen LogP contribution in [0.2, 0.25) is 0 Å². The van der Waals surface area contributed by atoms with E-state index in [0.717, 1.165) is 18.6 Å². The number of halogens is 2. The molecular weight excluding hydrogens is 222 g/mol. The Morgan fingerprint density at radius 2 is 1.94 bits per heavy atom. The van der Waals surface area contributed by atoms with Crippen molar-refractivity contribution in [2.75, 3.05) is 0 Å². The van der Waals surface area contributed by atoms with Crippen LogP contribution in [0, 0.1) is 28.4 Å². The van der Waals surface area contributed by atoms with E-state index >= 15 is 0 Å². The molecular formula is C13H14F2N2. The topological polar surface area (TPSA) is 35.8 Å². The minimum absolute atomic E-state index is 0.00620. The number of nitrogens with one attached hydrogen (secondary N) is 1. The van der Waals surface area contributed by atoms with E-state index in [0.29, 0.717) is 6.04 Å². The van der Waals surface area contributed by atoms with E-state index < -0.39 is 11.6 Å². The summed E-state index contributed by atoms with van der Waals surface area (Å²) >= 11 is 0. The maximum atomic E-state index is 13.5. The highest BCUT2D eigenvalue weighted by molar-refractivity contribution is 5.34. The number of hydrogen-bond donors (Lipinski definition) is 1. The second-order valence-corrected chi connectivity index (χ2v) is 5.16. The van der Waals surface area contributed by atoms with Crippen LogP contribution in [0.4, 0.5) is 8.78 Å². The Morgan fingerprint density at radius 3 is 2.35 bits per heavy atom. The monoisotopic (exact) mass is 236 g/mol. The summed E-state index contributed by atoms with van der Waals surface area (Å²) in [5.41, 5.74) is 0.238.